The van der Waals surface area contributed by atoms with Crippen molar-refractivity contribution in [2.45, 2.75) is 26.9 Å². The van der Waals surface area contributed by atoms with E-state index in [9.17, 15) is 32.6 Å². The van der Waals surface area contributed by atoms with Crippen LogP contribution < -0.4 is 10.0 Å². The van der Waals surface area contributed by atoms with Crippen molar-refractivity contribution in [3.8, 4) is 11.5 Å². The van der Waals surface area contributed by atoms with Crippen LogP contribution in [0.3, 0.4) is 0 Å². The van der Waals surface area contributed by atoms with Gasteiger partial charge in [-0.3, -0.25) is 14.7 Å². The van der Waals surface area contributed by atoms with Crippen LogP contribution in [0.2, 0.25) is 5.02 Å². The van der Waals surface area contributed by atoms with Crippen molar-refractivity contribution in [2.75, 3.05) is 13.3 Å². The van der Waals surface area contributed by atoms with Crippen molar-refractivity contribution < 1.29 is 41.6 Å². The number of carbonyl (C=O) groups excluding carboxylic acids is 1. The molecule has 2 aromatic carbocycles. The molecular formula is C21H21ClF3N2O7P. The molecule has 0 aromatic heterocycles. The summed E-state index contributed by atoms with van der Waals surface area (Å²) in [7, 11) is -2.94. The van der Waals surface area contributed by atoms with E-state index in [0.717, 1.165) is 37.4 Å². The Morgan fingerprint density at radius 2 is 1.89 bits per heavy atom. The van der Waals surface area contributed by atoms with Gasteiger partial charge in [0.25, 0.3) is 5.69 Å². The molecule has 0 saturated heterocycles. The molecule has 0 aliphatic heterocycles. The summed E-state index contributed by atoms with van der Waals surface area (Å²) in [6, 6.07) is 5.62. The van der Waals surface area contributed by atoms with E-state index in [4.69, 9.17) is 21.0 Å². The van der Waals surface area contributed by atoms with Gasteiger partial charge in [0.15, 0.2) is 5.71 Å². The van der Waals surface area contributed by atoms with Crippen molar-refractivity contribution in [1.29, 1.82) is 0 Å². The van der Waals surface area contributed by atoms with Crippen LogP contribution in [-0.2, 0) is 24.9 Å². The Balaban J connectivity index is 2.52. The summed E-state index contributed by atoms with van der Waals surface area (Å²) in [5, 5.41) is 14.5. The number of rotatable bonds is 9. The minimum absolute atomic E-state index is 0.106. The molecule has 0 fully saturated rings. The largest absolute Gasteiger partial charge is 0.464 e. The van der Waals surface area contributed by atoms with Crippen LogP contribution in [0.25, 0.3) is 0 Å². The Morgan fingerprint density at radius 1 is 1.23 bits per heavy atom. The fraction of sp³-hybridized carbons (Fsp3) is 0.333. The van der Waals surface area contributed by atoms with E-state index >= 15 is 0 Å². The van der Waals surface area contributed by atoms with E-state index in [2.05, 4.69) is 9.89 Å². The Bertz CT molecular complexity index is 1200. The van der Waals surface area contributed by atoms with E-state index in [1.165, 1.54) is 6.92 Å². The van der Waals surface area contributed by atoms with E-state index in [1.807, 2.05) is 0 Å². The average Bonchev–Trinajstić information content (AvgIpc) is 2.78. The Hall–Kier alpha value is -3.11. The van der Waals surface area contributed by atoms with E-state index < -0.39 is 41.6 Å². The summed E-state index contributed by atoms with van der Waals surface area (Å²) in [4.78, 5) is 22.7. The van der Waals surface area contributed by atoms with Crippen LogP contribution in [0.15, 0.2) is 41.6 Å². The molecule has 0 N–H and O–H groups in total. The first-order valence-electron chi connectivity index (χ1n) is 10.0. The second-order valence-electron chi connectivity index (χ2n) is 7.35. The van der Waals surface area contributed by atoms with Gasteiger partial charge in [0.05, 0.1) is 22.6 Å². The number of oxime groups is 1. The van der Waals surface area contributed by atoms with Gasteiger partial charge >= 0.3 is 19.5 Å². The fourth-order valence-electron chi connectivity index (χ4n) is 2.75. The van der Waals surface area contributed by atoms with Crippen LogP contribution in [0, 0.1) is 16.0 Å². The number of esters is 1. The number of benzene rings is 2. The molecule has 0 amide bonds. The number of hydrogen-bond acceptors (Lipinski definition) is 8. The molecular weight excluding hydrogens is 516 g/mol. The molecule has 0 spiro atoms. The number of nitrogens with zero attached hydrogens (tertiary/aromatic N) is 2. The topological polar surface area (TPSA) is 117 Å². The normalized spacial score (nSPS) is 13.8. The molecule has 0 heterocycles. The van der Waals surface area contributed by atoms with Crippen molar-refractivity contribution in [3.63, 3.8) is 0 Å². The molecule has 0 aliphatic carbocycles. The second kappa shape index (κ2) is 11.1. The third kappa shape index (κ3) is 6.73. The summed E-state index contributed by atoms with van der Waals surface area (Å²) in [5.74, 6) is -1.58. The summed E-state index contributed by atoms with van der Waals surface area (Å²) < 4.78 is 67.5. The highest BCUT2D eigenvalue weighted by Gasteiger charge is 2.35. The zero-order valence-electron chi connectivity index (χ0n) is 19.0. The summed E-state index contributed by atoms with van der Waals surface area (Å²) in [5.41, 5.74) is -1.75. The lowest BCUT2D eigenvalue weighted by Crippen LogP contribution is -2.22. The van der Waals surface area contributed by atoms with Gasteiger partial charge in [-0.2, -0.15) is 13.2 Å². The van der Waals surface area contributed by atoms with Gasteiger partial charge < -0.3 is 14.1 Å². The first kappa shape index (κ1) is 28.1. The molecule has 0 aliphatic rings. The minimum atomic E-state index is -4.62. The molecule has 1 unspecified atom stereocenters. The monoisotopic (exact) mass is 536 g/mol. The zero-order chi connectivity index (χ0) is 26.6. The van der Waals surface area contributed by atoms with Crippen molar-refractivity contribution in [3.05, 3.63) is 57.1 Å². The molecule has 35 heavy (non-hydrogen) atoms. The molecule has 0 bridgehead atoms. The van der Waals surface area contributed by atoms with Gasteiger partial charge in [0.1, 0.15) is 16.8 Å². The lowest BCUT2D eigenvalue weighted by atomic mass is 10.1. The third-order valence-electron chi connectivity index (χ3n) is 4.63. The number of hydrogen-bond donors (Lipinski definition) is 0. The second-order valence-corrected chi connectivity index (χ2v) is 10.4. The predicted octanol–water partition coefficient (Wildman–Crippen LogP) is 6.18. The van der Waals surface area contributed by atoms with Crippen LogP contribution in [0.5, 0.6) is 11.5 Å². The van der Waals surface area contributed by atoms with Gasteiger partial charge in [-0.15, -0.1) is 0 Å². The zero-order valence-corrected chi connectivity index (χ0v) is 20.6. The van der Waals surface area contributed by atoms with E-state index in [0.29, 0.717) is 6.07 Å². The average molecular weight is 537 g/mol. The quantitative estimate of drug-likeness (QED) is 0.123. The van der Waals surface area contributed by atoms with Gasteiger partial charge in [0.2, 0.25) is 0 Å². The lowest BCUT2D eigenvalue weighted by molar-refractivity contribution is -0.383. The molecule has 190 valence electrons. The number of nitro benzene ring substituents is 1. The van der Waals surface area contributed by atoms with Crippen molar-refractivity contribution in [2.24, 2.45) is 11.1 Å². The van der Waals surface area contributed by atoms with Crippen LogP contribution in [0.4, 0.5) is 18.9 Å². The third-order valence-corrected chi connectivity index (χ3v) is 7.19. The highest BCUT2D eigenvalue weighted by molar-refractivity contribution is 7.67. The minimum Gasteiger partial charge on any atom is -0.464 e. The Labute approximate surface area is 203 Å². The first-order chi connectivity index (χ1) is 16.2. The van der Waals surface area contributed by atoms with Gasteiger partial charge in [-0.1, -0.05) is 37.5 Å². The fourth-order valence-corrected chi connectivity index (χ4v) is 4.56. The number of ether oxygens (including phenoxy) is 2. The Kier molecular flexibility index (Phi) is 8.91. The van der Waals surface area contributed by atoms with Crippen LogP contribution in [0.1, 0.15) is 26.3 Å². The summed E-state index contributed by atoms with van der Waals surface area (Å²) in [6.45, 7) is 4.66. The highest BCUT2D eigenvalue weighted by atomic mass is 35.5. The Morgan fingerprint density at radius 3 is 2.37 bits per heavy atom. The molecule has 0 radical (unpaired) electrons. The van der Waals surface area contributed by atoms with E-state index in [1.54, 1.807) is 13.8 Å². The molecule has 2 aromatic rings. The smallest absolute Gasteiger partial charge is 0.416 e. The summed E-state index contributed by atoms with van der Waals surface area (Å²) in [6.07, 6.45) is -4.86. The van der Waals surface area contributed by atoms with Gasteiger partial charge in [0, 0.05) is 24.2 Å². The van der Waals surface area contributed by atoms with Crippen LogP contribution in [-0.4, -0.2) is 29.9 Å². The summed E-state index contributed by atoms with van der Waals surface area (Å²) >= 11 is 5.91. The van der Waals surface area contributed by atoms with Gasteiger partial charge in [-0.05, 0) is 24.3 Å². The number of methoxy groups -OCH3 is 1. The maximum atomic E-state index is 13.6. The van der Waals surface area contributed by atoms with E-state index in [-0.39, 0.29) is 33.7 Å². The SMILES string of the molecule is CCP(=O)(ON=C(C(=O)OC)C(C)C)c1cc(Oc2ccc(C(F)(F)F)cc2Cl)ccc1[N+](=O)[O-]. The van der Waals surface area contributed by atoms with Crippen molar-refractivity contribution >= 4 is 41.6 Å². The first-order valence-corrected chi connectivity index (χ1v) is 12.2. The number of nitro groups is 1. The highest BCUT2D eigenvalue weighted by Crippen LogP contribution is 2.49. The molecule has 14 heteroatoms. The lowest BCUT2D eigenvalue weighted by Gasteiger charge is -2.17. The molecule has 0 saturated carbocycles. The standard InChI is InChI=1S/C21H21ClF3N2O7P/c1-5-35(31,34-26-19(12(2)3)20(28)32-4)18-11-14(7-8-16(18)27(29)30)33-17-9-6-13(10-15(17)22)21(23,24)25/h6-12H,5H2,1-4H3. The van der Waals surface area contributed by atoms with Crippen molar-refractivity contribution in [1.82, 2.24) is 0 Å². The predicted molar refractivity (Wildman–Crippen MR) is 123 cm³/mol. The molecule has 9 nitrogen and oxygen atoms in total. The van der Waals surface area contributed by atoms with Crippen LogP contribution >= 0.6 is 19.0 Å². The maximum Gasteiger partial charge on any atom is 0.416 e. The molecule has 1 atom stereocenters. The number of carbonyl (C=O) groups is 1. The maximum absolute atomic E-state index is 13.6. The molecule has 2 rings (SSSR count). The number of halogens is 4. The van der Waals surface area contributed by atoms with Gasteiger partial charge in [-0.25, -0.2) is 4.79 Å². The number of alkyl halides is 3.